The van der Waals surface area contributed by atoms with Crippen molar-refractivity contribution < 1.29 is 13.2 Å². The lowest BCUT2D eigenvalue weighted by Crippen LogP contribution is -2.47. The second kappa shape index (κ2) is 9.13. The molecular formula is C24H28N4O3S2. The molecule has 1 aromatic heterocycles. The fourth-order valence-corrected chi connectivity index (χ4v) is 7.15. The SMILES string of the molecule is CN1CCN(S(=O)(=O)c2cccc(C(=O)N3CCC(c4nc5ccccc5s4)CC3)c2)CC1. The zero-order chi connectivity index (χ0) is 23.0. The summed E-state index contributed by atoms with van der Waals surface area (Å²) in [6.45, 7) is 3.65. The smallest absolute Gasteiger partial charge is 0.253 e. The Kier molecular flexibility index (Phi) is 6.22. The maximum atomic E-state index is 13.2. The number of aromatic nitrogens is 1. The topological polar surface area (TPSA) is 73.8 Å². The lowest BCUT2D eigenvalue weighted by Gasteiger charge is -2.32. The zero-order valence-electron chi connectivity index (χ0n) is 18.7. The number of sulfonamides is 1. The van der Waals surface area contributed by atoms with Gasteiger partial charge in [-0.05, 0) is 50.2 Å². The fraction of sp³-hybridized carbons (Fsp3) is 0.417. The third kappa shape index (κ3) is 4.55. The standard InChI is InChI=1S/C24H28N4O3S2/c1-26-13-15-28(16-14-26)33(30,31)20-6-4-5-19(17-20)24(29)27-11-9-18(10-12-27)23-25-21-7-2-3-8-22(21)32-23/h2-8,17-18H,9-16H2,1H3. The number of piperidine rings is 1. The molecule has 3 heterocycles. The van der Waals surface area contributed by atoms with Crippen LogP contribution in [0.1, 0.15) is 34.1 Å². The first-order valence-corrected chi connectivity index (χ1v) is 13.6. The van der Waals surface area contributed by atoms with Gasteiger partial charge in [-0.2, -0.15) is 4.31 Å². The van der Waals surface area contributed by atoms with E-state index in [9.17, 15) is 13.2 Å². The number of amides is 1. The van der Waals surface area contributed by atoms with Crippen molar-refractivity contribution in [3.8, 4) is 0 Å². The molecule has 1 amide bonds. The van der Waals surface area contributed by atoms with Gasteiger partial charge in [0.05, 0.1) is 20.1 Å². The number of likely N-dealkylation sites (tertiary alicyclic amines) is 1. The number of benzene rings is 2. The number of piperazine rings is 1. The molecule has 0 radical (unpaired) electrons. The third-order valence-corrected chi connectivity index (χ3v) is 9.72. The monoisotopic (exact) mass is 484 g/mol. The molecular weight excluding hydrogens is 456 g/mol. The van der Waals surface area contributed by atoms with Crippen LogP contribution in [0.3, 0.4) is 0 Å². The largest absolute Gasteiger partial charge is 0.339 e. The Bertz CT molecular complexity index is 1220. The van der Waals surface area contributed by atoms with Crippen molar-refractivity contribution in [3.63, 3.8) is 0 Å². The highest BCUT2D eigenvalue weighted by Crippen LogP contribution is 2.34. The van der Waals surface area contributed by atoms with Crippen LogP contribution in [-0.2, 0) is 10.0 Å². The quantitative estimate of drug-likeness (QED) is 0.568. The Morgan fingerprint density at radius 2 is 1.70 bits per heavy atom. The summed E-state index contributed by atoms with van der Waals surface area (Å²) in [5.74, 6) is 0.253. The number of rotatable bonds is 4. The minimum atomic E-state index is -3.60. The van der Waals surface area contributed by atoms with E-state index in [1.807, 2.05) is 30.1 Å². The van der Waals surface area contributed by atoms with Gasteiger partial charge in [0.15, 0.2) is 0 Å². The van der Waals surface area contributed by atoms with Gasteiger partial charge in [0.2, 0.25) is 10.0 Å². The maximum absolute atomic E-state index is 13.2. The number of carbonyl (C=O) groups is 1. The molecule has 0 spiro atoms. The first-order valence-electron chi connectivity index (χ1n) is 11.4. The van der Waals surface area contributed by atoms with E-state index in [4.69, 9.17) is 4.98 Å². The minimum absolute atomic E-state index is 0.104. The zero-order valence-corrected chi connectivity index (χ0v) is 20.3. The molecule has 3 aromatic rings. The Morgan fingerprint density at radius 3 is 2.42 bits per heavy atom. The number of fused-ring (bicyclic) bond motifs is 1. The van der Waals surface area contributed by atoms with Crippen LogP contribution in [0.15, 0.2) is 53.4 Å². The molecule has 9 heteroatoms. The molecule has 2 aliphatic heterocycles. The third-order valence-electron chi connectivity index (χ3n) is 6.62. The van der Waals surface area contributed by atoms with E-state index in [-0.39, 0.29) is 10.8 Å². The lowest BCUT2D eigenvalue weighted by molar-refractivity contribution is 0.0712. The second-order valence-corrected chi connectivity index (χ2v) is 11.8. The molecule has 2 aromatic carbocycles. The van der Waals surface area contributed by atoms with Crippen LogP contribution in [0, 0.1) is 0 Å². The van der Waals surface area contributed by atoms with Crippen molar-refractivity contribution in [1.29, 1.82) is 0 Å². The summed E-state index contributed by atoms with van der Waals surface area (Å²) in [4.78, 5) is 22.1. The molecule has 0 saturated carbocycles. The normalized spacial score (nSPS) is 19.2. The molecule has 0 atom stereocenters. The number of hydrogen-bond donors (Lipinski definition) is 0. The summed E-state index contributed by atoms with van der Waals surface area (Å²) in [6.07, 6.45) is 1.73. The maximum Gasteiger partial charge on any atom is 0.253 e. The first-order chi connectivity index (χ1) is 15.9. The number of para-hydroxylation sites is 1. The number of likely N-dealkylation sites (N-methyl/N-ethyl adjacent to an activating group) is 1. The Balaban J connectivity index is 1.26. The fourth-order valence-electron chi connectivity index (χ4n) is 4.54. The van der Waals surface area contributed by atoms with Gasteiger partial charge >= 0.3 is 0 Å². The van der Waals surface area contributed by atoms with E-state index >= 15 is 0 Å². The van der Waals surface area contributed by atoms with Gasteiger partial charge in [0, 0.05) is 50.7 Å². The Hall–Kier alpha value is -2.33. The summed E-state index contributed by atoms with van der Waals surface area (Å²) in [5, 5.41) is 1.14. The lowest BCUT2D eigenvalue weighted by atomic mass is 9.97. The van der Waals surface area contributed by atoms with Gasteiger partial charge < -0.3 is 9.80 Å². The average molecular weight is 485 g/mol. The van der Waals surface area contributed by atoms with Crippen LogP contribution in [0.2, 0.25) is 0 Å². The van der Waals surface area contributed by atoms with Gasteiger partial charge in [-0.1, -0.05) is 18.2 Å². The molecule has 5 rings (SSSR count). The highest BCUT2D eigenvalue weighted by atomic mass is 32.2. The summed E-state index contributed by atoms with van der Waals surface area (Å²) < 4.78 is 28.9. The van der Waals surface area contributed by atoms with E-state index in [0.717, 1.165) is 23.4 Å². The number of thiazole rings is 1. The molecule has 0 N–H and O–H groups in total. The molecule has 0 aliphatic carbocycles. The Labute approximate surface area is 198 Å². The van der Waals surface area contributed by atoms with Crippen molar-refractivity contribution in [2.24, 2.45) is 0 Å². The van der Waals surface area contributed by atoms with Crippen LogP contribution >= 0.6 is 11.3 Å². The number of carbonyl (C=O) groups excluding carboxylic acids is 1. The van der Waals surface area contributed by atoms with Gasteiger partial charge in [-0.15, -0.1) is 11.3 Å². The van der Waals surface area contributed by atoms with Crippen LogP contribution in [0.25, 0.3) is 10.2 Å². The molecule has 2 fully saturated rings. The summed E-state index contributed by atoms with van der Waals surface area (Å²) >= 11 is 1.74. The highest BCUT2D eigenvalue weighted by molar-refractivity contribution is 7.89. The van der Waals surface area contributed by atoms with Crippen LogP contribution in [-0.4, -0.2) is 79.7 Å². The van der Waals surface area contributed by atoms with Crippen molar-refractivity contribution in [2.45, 2.75) is 23.7 Å². The van der Waals surface area contributed by atoms with E-state index in [1.54, 1.807) is 29.5 Å². The van der Waals surface area contributed by atoms with Crippen molar-refractivity contribution in [1.82, 2.24) is 19.1 Å². The number of hydrogen-bond acceptors (Lipinski definition) is 6. The molecule has 2 aliphatic rings. The molecule has 174 valence electrons. The predicted octanol–water partition coefficient (Wildman–Crippen LogP) is 3.25. The van der Waals surface area contributed by atoms with E-state index < -0.39 is 10.0 Å². The predicted molar refractivity (Wildman–Crippen MR) is 130 cm³/mol. The van der Waals surface area contributed by atoms with Gasteiger partial charge in [0.1, 0.15) is 0 Å². The second-order valence-electron chi connectivity index (χ2n) is 8.82. The van der Waals surface area contributed by atoms with Crippen molar-refractivity contribution in [2.75, 3.05) is 46.3 Å². The van der Waals surface area contributed by atoms with Crippen molar-refractivity contribution >= 4 is 37.5 Å². The van der Waals surface area contributed by atoms with E-state index in [0.29, 0.717) is 50.7 Å². The number of nitrogens with zero attached hydrogens (tertiary/aromatic N) is 4. The summed E-state index contributed by atoms with van der Waals surface area (Å²) in [5.41, 5.74) is 1.47. The van der Waals surface area contributed by atoms with Gasteiger partial charge in [0.25, 0.3) is 5.91 Å². The molecule has 0 unspecified atom stereocenters. The van der Waals surface area contributed by atoms with Crippen LogP contribution in [0.4, 0.5) is 0 Å². The molecule has 33 heavy (non-hydrogen) atoms. The summed E-state index contributed by atoms with van der Waals surface area (Å²) in [6, 6.07) is 14.7. The first kappa shape index (κ1) is 22.5. The minimum Gasteiger partial charge on any atom is -0.339 e. The highest BCUT2D eigenvalue weighted by Gasteiger charge is 2.30. The summed E-state index contributed by atoms with van der Waals surface area (Å²) in [7, 11) is -1.61. The van der Waals surface area contributed by atoms with E-state index in [1.165, 1.54) is 15.1 Å². The van der Waals surface area contributed by atoms with Crippen LogP contribution in [0.5, 0.6) is 0 Å². The van der Waals surface area contributed by atoms with Crippen molar-refractivity contribution in [3.05, 3.63) is 59.1 Å². The Morgan fingerprint density at radius 1 is 0.970 bits per heavy atom. The van der Waals surface area contributed by atoms with Gasteiger partial charge in [-0.3, -0.25) is 4.79 Å². The average Bonchev–Trinajstić information content (AvgIpc) is 3.28. The molecule has 0 bridgehead atoms. The van der Waals surface area contributed by atoms with Gasteiger partial charge in [-0.25, -0.2) is 13.4 Å². The van der Waals surface area contributed by atoms with Crippen LogP contribution < -0.4 is 0 Å². The van der Waals surface area contributed by atoms with E-state index in [2.05, 4.69) is 11.0 Å². The molecule has 2 saturated heterocycles. The molecule has 7 nitrogen and oxygen atoms in total.